The predicted octanol–water partition coefficient (Wildman–Crippen LogP) is 1.67. The number of halogens is 1. The Morgan fingerprint density at radius 1 is 1.53 bits per heavy atom. The summed E-state index contributed by atoms with van der Waals surface area (Å²) >= 11 is 5.60. The van der Waals surface area contributed by atoms with Gasteiger partial charge in [0.15, 0.2) is 0 Å². The van der Waals surface area contributed by atoms with E-state index in [-0.39, 0.29) is 11.4 Å². The molecule has 2 aromatic rings. The lowest BCUT2D eigenvalue weighted by Crippen LogP contribution is -2.10. The molecule has 2 rings (SSSR count). The number of hydrogen-bond donors (Lipinski definition) is 1. The molecule has 1 heterocycles. The molecular weight excluding hydrogens is 216 g/mol. The Hall–Kier alpha value is -1.55. The highest BCUT2D eigenvalue weighted by Gasteiger charge is 2.04. The minimum atomic E-state index is -0.199. The van der Waals surface area contributed by atoms with Crippen LogP contribution in [-0.2, 0) is 5.88 Å². The summed E-state index contributed by atoms with van der Waals surface area (Å²) in [6, 6.07) is 5.14. The Balaban J connectivity index is 2.74. The zero-order valence-corrected chi connectivity index (χ0v) is 8.84. The van der Waals surface area contributed by atoms with Crippen LogP contribution in [0.4, 0.5) is 0 Å². The van der Waals surface area contributed by atoms with Crippen molar-refractivity contribution in [1.82, 2.24) is 9.97 Å². The fourth-order valence-electron chi connectivity index (χ4n) is 1.36. The first-order chi connectivity index (χ1) is 7.24. The molecule has 1 N–H and O–H groups in total. The normalized spacial score (nSPS) is 10.5. The lowest BCUT2D eigenvalue weighted by Gasteiger charge is -2.02. The molecule has 0 spiro atoms. The van der Waals surface area contributed by atoms with Crippen LogP contribution in [0, 0.1) is 0 Å². The molecule has 0 atom stereocenters. The van der Waals surface area contributed by atoms with Crippen molar-refractivity contribution in [3.8, 4) is 5.75 Å². The minimum Gasteiger partial charge on any atom is -0.497 e. The van der Waals surface area contributed by atoms with Gasteiger partial charge in [-0.1, -0.05) is 0 Å². The van der Waals surface area contributed by atoms with Crippen molar-refractivity contribution in [2.24, 2.45) is 0 Å². The summed E-state index contributed by atoms with van der Waals surface area (Å²) in [5.74, 6) is 1.30. The molecule has 0 aliphatic carbocycles. The number of H-pyrrole nitrogens is 1. The molecule has 1 aromatic carbocycles. The summed E-state index contributed by atoms with van der Waals surface area (Å²) in [7, 11) is 1.55. The van der Waals surface area contributed by atoms with Crippen molar-refractivity contribution >= 4 is 22.5 Å². The molecule has 0 unspecified atom stereocenters. The fraction of sp³-hybridized carbons (Fsp3) is 0.200. The summed E-state index contributed by atoms with van der Waals surface area (Å²) in [4.78, 5) is 18.4. The maximum atomic E-state index is 11.6. The van der Waals surface area contributed by atoms with Crippen LogP contribution in [0.15, 0.2) is 23.0 Å². The van der Waals surface area contributed by atoms with Gasteiger partial charge in [0.05, 0.1) is 23.9 Å². The van der Waals surface area contributed by atoms with Crippen LogP contribution >= 0.6 is 11.6 Å². The van der Waals surface area contributed by atoms with Crippen molar-refractivity contribution < 1.29 is 4.74 Å². The molecule has 0 aliphatic rings. The number of aromatic amines is 1. The second kappa shape index (κ2) is 3.90. The number of fused-ring (bicyclic) bond motifs is 1. The number of nitrogens with one attached hydrogen (secondary N) is 1. The molecule has 0 radical (unpaired) electrons. The van der Waals surface area contributed by atoms with Gasteiger partial charge in [-0.2, -0.15) is 0 Å². The average molecular weight is 225 g/mol. The molecule has 0 saturated carbocycles. The van der Waals surface area contributed by atoms with Crippen molar-refractivity contribution in [2.45, 2.75) is 5.88 Å². The zero-order chi connectivity index (χ0) is 10.8. The van der Waals surface area contributed by atoms with Crippen molar-refractivity contribution in [3.05, 3.63) is 34.4 Å². The van der Waals surface area contributed by atoms with Crippen LogP contribution in [-0.4, -0.2) is 17.1 Å². The topological polar surface area (TPSA) is 55.0 Å². The number of methoxy groups -OCH3 is 1. The summed E-state index contributed by atoms with van der Waals surface area (Å²) in [6.45, 7) is 0. The molecule has 0 amide bonds. The smallest absolute Gasteiger partial charge is 0.258 e. The first-order valence-electron chi connectivity index (χ1n) is 4.37. The highest BCUT2D eigenvalue weighted by molar-refractivity contribution is 6.16. The second-order valence-corrected chi connectivity index (χ2v) is 3.30. The highest BCUT2D eigenvalue weighted by atomic mass is 35.5. The van der Waals surface area contributed by atoms with Crippen LogP contribution in [0.25, 0.3) is 10.9 Å². The molecule has 78 valence electrons. The molecule has 0 saturated heterocycles. The van der Waals surface area contributed by atoms with E-state index in [1.165, 1.54) is 0 Å². The Morgan fingerprint density at radius 3 is 3.00 bits per heavy atom. The largest absolute Gasteiger partial charge is 0.497 e. The minimum absolute atomic E-state index is 0.192. The van der Waals surface area contributed by atoms with Gasteiger partial charge in [-0.3, -0.25) is 4.79 Å². The highest BCUT2D eigenvalue weighted by Crippen LogP contribution is 2.16. The van der Waals surface area contributed by atoms with E-state index < -0.39 is 0 Å². The van der Waals surface area contributed by atoms with E-state index in [0.29, 0.717) is 22.5 Å². The lowest BCUT2D eigenvalue weighted by atomic mass is 10.2. The maximum absolute atomic E-state index is 11.6. The third-order valence-electron chi connectivity index (χ3n) is 2.09. The van der Waals surface area contributed by atoms with Crippen molar-refractivity contribution in [1.29, 1.82) is 0 Å². The number of nitrogens with zero attached hydrogens (tertiary/aromatic N) is 1. The van der Waals surface area contributed by atoms with Crippen molar-refractivity contribution in [2.75, 3.05) is 7.11 Å². The zero-order valence-electron chi connectivity index (χ0n) is 8.08. The van der Waals surface area contributed by atoms with E-state index in [1.807, 2.05) is 0 Å². The third-order valence-corrected chi connectivity index (χ3v) is 2.34. The van der Waals surface area contributed by atoms with Gasteiger partial charge in [-0.05, 0) is 18.2 Å². The molecule has 0 fully saturated rings. The van der Waals surface area contributed by atoms with Gasteiger partial charge in [-0.15, -0.1) is 11.6 Å². The molecule has 0 bridgehead atoms. The second-order valence-electron chi connectivity index (χ2n) is 3.03. The lowest BCUT2D eigenvalue weighted by molar-refractivity contribution is 0.415. The van der Waals surface area contributed by atoms with Gasteiger partial charge >= 0.3 is 0 Å². The first-order valence-corrected chi connectivity index (χ1v) is 4.91. The van der Waals surface area contributed by atoms with Gasteiger partial charge in [0, 0.05) is 0 Å². The maximum Gasteiger partial charge on any atom is 0.258 e. The van der Waals surface area contributed by atoms with Gasteiger partial charge in [0.2, 0.25) is 0 Å². The molecule has 5 heteroatoms. The van der Waals surface area contributed by atoms with Gasteiger partial charge in [0.1, 0.15) is 11.6 Å². The SMILES string of the molecule is COc1ccc2nc(CCl)[nH]c(=O)c2c1. The molecule has 0 aliphatic heterocycles. The van der Waals surface area contributed by atoms with E-state index in [4.69, 9.17) is 16.3 Å². The summed E-state index contributed by atoms with van der Waals surface area (Å²) in [6.07, 6.45) is 0. The van der Waals surface area contributed by atoms with E-state index in [9.17, 15) is 4.79 Å². The Bertz CT molecular complexity index is 551. The fourth-order valence-corrected chi connectivity index (χ4v) is 1.48. The van der Waals surface area contributed by atoms with Crippen LogP contribution in [0.2, 0.25) is 0 Å². The molecular formula is C10H9ClN2O2. The number of rotatable bonds is 2. The van der Waals surface area contributed by atoms with E-state index in [1.54, 1.807) is 25.3 Å². The van der Waals surface area contributed by atoms with Gasteiger partial charge in [-0.25, -0.2) is 4.98 Å². The van der Waals surface area contributed by atoms with Crippen LogP contribution in [0.5, 0.6) is 5.75 Å². The van der Waals surface area contributed by atoms with Crippen LogP contribution in [0.3, 0.4) is 0 Å². The van der Waals surface area contributed by atoms with E-state index in [2.05, 4.69) is 9.97 Å². The monoisotopic (exact) mass is 224 g/mol. The standard InChI is InChI=1S/C10H9ClN2O2/c1-15-6-2-3-8-7(4-6)10(14)13-9(5-11)12-8/h2-4H,5H2,1H3,(H,12,13,14). The summed E-state index contributed by atoms with van der Waals surface area (Å²) in [5, 5.41) is 0.503. The summed E-state index contributed by atoms with van der Waals surface area (Å²) < 4.78 is 5.03. The Labute approximate surface area is 90.9 Å². The van der Waals surface area contributed by atoms with Crippen LogP contribution < -0.4 is 10.3 Å². The van der Waals surface area contributed by atoms with E-state index >= 15 is 0 Å². The average Bonchev–Trinajstić information content (AvgIpc) is 2.28. The quantitative estimate of drug-likeness (QED) is 0.790. The Kier molecular flexibility index (Phi) is 2.60. The Morgan fingerprint density at radius 2 is 2.33 bits per heavy atom. The number of ether oxygens (including phenoxy) is 1. The van der Waals surface area contributed by atoms with Gasteiger partial charge in [0.25, 0.3) is 5.56 Å². The molecule has 1 aromatic heterocycles. The van der Waals surface area contributed by atoms with Gasteiger partial charge < -0.3 is 9.72 Å². The van der Waals surface area contributed by atoms with E-state index in [0.717, 1.165) is 0 Å². The van der Waals surface area contributed by atoms with Crippen molar-refractivity contribution in [3.63, 3.8) is 0 Å². The molecule has 4 nitrogen and oxygen atoms in total. The molecule has 15 heavy (non-hydrogen) atoms. The first kappa shape index (κ1) is 9.98. The number of benzene rings is 1. The number of aromatic nitrogens is 2. The number of alkyl halides is 1. The summed E-state index contributed by atoms with van der Waals surface area (Å²) in [5.41, 5.74) is 0.421. The predicted molar refractivity (Wildman–Crippen MR) is 58.5 cm³/mol. The van der Waals surface area contributed by atoms with Crippen LogP contribution in [0.1, 0.15) is 5.82 Å². The number of hydrogen-bond acceptors (Lipinski definition) is 3. The third kappa shape index (κ3) is 1.80.